The molecule has 0 spiro atoms. The van der Waals surface area contributed by atoms with E-state index in [2.05, 4.69) is 4.98 Å². The van der Waals surface area contributed by atoms with Crippen LogP contribution >= 0.6 is 11.3 Å². The molecular weight excluding hydrogens is 452 g/mol. The number of benzene rings is 2. The van der Waals surface area contributed by atoms with Crippen molar-refractivity contribution in [3.8, 4) is 16.3 Å². The van der Waals surface area contributed by atoms with Crippen LogP contribution in [0, 0.1) is 6.92 Å². The molecule has 5 rings (SSSR count). The standard InChI is InChI=1S/C26H20N2O5S/c1-15-24(34-25(27-15)16-9-4-3-5-10-16)22(29)20-21(19-13-8-14-33-19)28(26(31)23(20)30)17-11-6-7-12-18(17)32-2/h3-14,21,30H,1-2H3. The fraction of sp³-hybridized carbons (Fsp3) is 0.115. The van der Waals surface area contributed by atoms with Gasteiger partial charge in [-0.15, -0.1) is 11.3 Å². The molecule has 2 aromatic heterocycles. The lowest BCUT2D eigenvalue weighted by Crippen LogP contribution is -2.31. The molecule has 34 heavy (non-hydrogen) atoms. The van der Waals surface area contributed by atoms with E-state index < -0.39 is 23.5 Å². The first kappa shape index (κ1) is 21.7. The van der Waals surface area contributed by atoms with Crippen LogP contribution in [0.15, 0.2) is 88.7 Å². The zero-order chi connectivity index (χ0) is 23.8. The first-order valence-corrected chi connectivity index (χ1v) is 11.3. The van der Waals surface area contributed by atoms with E-state index in [9.17, 15) is 14.7 Å². The molecule has 3 heterocycles. The monoisotopic (exact) mass is 472 g/mol. The van der Waals surface area contributed by atoms with Gasteiger partial charge in [0.05, 0.1) is 35.2 Å². The zero-order valence-electron chi connectivity index (χ0n) is 18.4. The quantitative estimate of drug-likeness (QED) is 0.372. The Morgan fingerprint density at radius 1 is 1.09 bits per heavy atom. The van der Waals surface area contributed by atoms with E-state index in [1.807, 2.05) is 30.3 Å². The van der Waals surface area contributed by atoms with Gasteiger partial charge >= 0.3 is 0 Å². The second kappa shape index (κ2) is 8.64. The van der Waals surface area contributed by atoms with Crippen LogP contribution in [0.3, 0.4) is 0 Å². The molecule has 1 atom stereocenters. The van der Waals surface area contributed by atoms with E-state index in [0.29, 0.717) is 32.8 Å². The number of anilines is 1. The third-order valence-corrected chi connectivity index (χ3v) is 6.84. The van der Waals surface area contributed by atoms with Crippen molar-refractivity contribution in [2.45, 2.75) is 13.0 Å². The maximum Gasteiger partial charge on any atom is 0.294 e. The second-order valence-electron chi connectivity index (χ2n) is 7.66. The first-order chi connectivity index (χ1) is 16.5. The van der Waals surface area contributed by atoms with Crippen LogP contribution in [0.5, 0.6) is 5.75 Å². The Bertz CT molecular complexity index is 1410. The SMILES string of the molecule is COc1ccccc1N1C(=O)C(O)=C(C(=O)c2sc(-c3ccccc3)nc2C)C1c1ccco1. The number of aliphatic hydroxyl groups is 1. The Labute approximate surface area is 199 Å². The lowest BCUT2D eigenvalue weighted by Gasteiger charge is -2.26. The van der Waals surface area contributed by atoms with Crippen LogP contribution in [0.4, 0.5) is 5.69 Å². The molecule has 0 saturated carbocycles. The zero-order valence-corrected chi connectivity index (χ0v) is 19.2. The average molecular weight is 473 g/mol. The summed E-state index contributed by atoms with van der Waals surface area (Å²) in [7, 11) is 1.49. The molecule has 7 nitrogen and oxygen atoms in total. The van der Waals surface area contributed by atoms with E-state index in [4.69, 9.17) is 9.15 Å². The minimum atomic E-state index is -0.965. The van der Waals surface area contributed by atoms with Crippen molar-refractivity contribution in [3.05, 3.63) is 101 Å². The van der Waals surface area contributed by atoms with Gasteiger partial charge in [-0.2, -0.15) is 0 Å². The minimum absolute atomic E-state index is 0.0581. The number of rotatable bonds is 6. The van der Waals surface area contributed by atoms with Crippen LogP contribution in [0.25, 0.3) is 10.6 Å². The molecule has 0 fully saturated rings. The fourth-order valence-corrected chi connectivity index (χ4v) is 5.09. The summed E-state index contributed by atoms with van der Waals surface area (Å²) in [6.07, 6.45) is 1.46. The Morgan fingerprint density at radius 2 is 1.82 bits per heavy atom. The minimum Gasteiger partial charge on any atom is -0.503 e. The number of para-hydroxylation sites is 2. The highest BCUT2D eigenvalue weighted by atomic mass is 32.1. The Kier molecular flexibility index (Phi) is 5.51. The highest BCUT2D eigenvalue weighted by molar-refractivity contribution is 7.17. The van der Waals surface area contributed by atoms with Crippen molar-refractivity contribution in [3.63, 3.8) is 0 Å². The molecule has 0 aliphatic carbocycles. The molecule has 1 amide bonds. The second-order valence-corrected chi connectivity index (χ2v) is 8.66. The number of ketones is 1. The normalized spacial score (nSPS) is 15.8. The van der Waals surface area contributed by atoms with Gasteiger partial charge in [-0.05, 0) is 31.2 Å². The smallest absolute Gasteiger partial charge is 0.294 e. The third-order valence-electron chi connectivity index (χ3n) is 5.63. The van der Waals surface area contributed by atoms with Gasteiger partial charge in [0.15, 0.2) is 5.76 Å². The number of carbonyl (C=O) groups excluding carboxylic acids is 2. The average Bonchev–Trinajstić information content (AvgIpc) is 3.58. The summed E-state index contributed by atoms with van der Waals surface area (Å²) in [4.78, 5) is 33.3. The van der Waals surface area contributed by atoms with Crippen molar-refractivity contribution >= 4 is 28.7 Å². The van der Waals surface area contributed by atoms with E-state index >= 15 is 0 Å². The van der Waals surface area contributed by atoms with Crippen LogP contribution in [-0.2, 0) is 4.79 Å². The molecule has 2 aromatic carbocycles. The molecule has 0 bridgehead atoms. The summed E-state index contributed by atoms with van der Waals surface area (Å²) >= 11 is 1.22. The number of carbonyl (C=O) groups is 2. The van der Waals surface area contributed by atoms with Crippen LogP contribution in [-0.4, -0.2) is 28.9 Å². The van der Waals surface area contributed by atoms with E-state index in [0.717, 1.165) is 5.56 Å². The lowest BCUT2D eigenvalue weighted by molar-refractivity contribution is -0.117. The molecule has 1 aliphatic rings. The van der Waals surface area contributed by atoms with E-state index in [-0.39, 0.29) is 5.57 Å². The number of Topliss-reactive ketones (excluding diaryl/α,β-unsaturated/α-hetero) is 1. The summed E-state index contributed by atoms with van der Waals surface area (Å²) in [6, 6.07) is 18.8. The first-order valence-electron chi connectivity index (χ1n) is 10.5. The molecule has 0 saturated heterocycles. The highest BCUT2D eigenvalue weighted by Gasteiger charge is 2.47. The van der Waals surface area contributed by atoms with E-state index in [1.165, 1.54) is 29.6 Å². The molecule has 170 valence electrons. The number of ether oxygens (including phenoxy) is 1. The summed E-state index contributed by atoms with van der Waals surface area (Å²) in [5.41, 5.74) is 1.76. The maximum absolute atomic E-state index is 13.8. The number of aromatic nitrogens is 1. The number of hydrogen-bond donors (Lipinski definition) is 1. The van der Waals surface area contributed by atoms with Gasteiger partial charge in [-0.25, -0.2) is 4.98 Å². The Morgan fingerprint density at radius 3 is 2.53 bits per heavy atom. The largest absolute Gasteiger partial charge is 0.503 e. The van der Waals surface area contributed by atoms with E-state index in [1.54, 1.807) is 43.3 Å². The maximum atomic E-state index is 13.8. The van der Waals surface area contributed by atoms with Gasteiger partial charge in [0.2, 0.25) is 5.78 Å². The van der Waals surface area contributed by atoms with Gasteiger partial charge in [0.25, 0.3) is 5.91 Å². The lowest BCUT2D eigenvalue weighted by atomic mass is 9.99. The molecule has 1 aliphatic heterocycles. The van der Waals surface area contributed by atoms with Gasteiger partial charge < -0.3 is 14.3 Å². The number of hydrogen-bond acceptors (Lipinski definition) is 7. The number of methoxy groups -OCH3 is 1. The predicted octanol–water partition coefficient (Wildman–Crippen LogP) is 5.50. The van der Waals surface area contributed by atoms with Gasteiger partial charge in [0.1, 0.15) is 22.6 Å². The summed E-state index contributed by atoms with van der Waals surface area (Å²) in [5.74, 6) is -1.03. The molecule has 1 N–H and O–H groups in total. The highest BCUT2D eigenvalue weighted by Crippen LogP contribution is 2.45. The molecular formula is C26H20N2O5S. The van der Waals surface area contributed by atoms with Crippen LogP contribution in [0.1, 0.15) is 27.2 Å². The van der Waals surface area contributed by atoms with Crippen LogP contribution in [0.2, 0.25) is 0 Å². The predicted molar refractivity (Wildman–Crippen MR) is 128 cm³/mol. The van der Waals surface area contributed by atoms with Crippen molar-refractivity contribution < 1.29 is 23.8 Å². The molecule has 4 aromatic rings. The number of furan rings is 1. The number of thiazole rings is 1. The number of nitrogens with zero attached hydrogens (tertiary/aromatic N) is 2. The molecule has 0 radical (unpaired) electrons. The summed E-state index contributed by atoms with van der Waals surface area (Å²) < 4.78 is 11.1. The fourth-order valence-electron chi connectivity index (χ4n) is 4.06. The number of aryl methyl sites for hydroxylation is 1. The molecule has 1 unspecified atom stereocenters. The van der Waals surface area contributed by atoms with Crippen LogP contribution < -0.4 is 9.64 Å². The Balaban J connectivity index is 1.63. The van der Waals surface area contributed by atoms with Crippen molar-refractivity contribution in [1.82, 2.24) is 4.98 Å². The Hall–Kier alpha value is -4.17. The van der Waals surface area contributed by atoms with Gasteiger partial charge in [0, 0.05) is 5.56 Å². The van der Waals surface area contributed by atoms with Gasteiger partial charge in [-0.1, -0.05) is 42.5 Å². The van der Waals surface area contributed by atoms with Crippen molar-refractivity contribution in [2.24, 2.45) is 0 Å². The van der Waals surface area contributed by atoms with Crippen molar-refractivity contribution in [2.75, 3.05) is 12.0 Å². The third kappa shape index (κ3) is 3.48. The molecule has 8 heteroatoms. The van der Waals surface area contributed by atoms with Crippen molar-refractivity contribution in [1.29, 1.82) is 0 Å². The number of aliphatic hydroxyl groups excluding tert-OH is 1. The van der Waals surface area contributed by atoms with Gasteiger partial charge in [-0.3, -0.25) is 14.5 Å². The summed E-state index contributed by atoms with van der Waals surface area (Å²) in [6.45, 7) is 1.74. The topological polar surface area (TPSA) is 92.9 Å². The number of amides is 1. The summed E-state index contributed by atoms with van der Waals surface area (Å²) in [5, 5.41) is 11.6.